The van der Waals surface area contributed by atoms with E-state index in [-0.39, 0.29) is 5.91 Å². The number of nitrogens with zero attached hydrogens (tertiary/aromatic N) is 3. The molecule has 0 atom stereocenters. The Labute approximate surface area is 169 Å². The highest BCUT2D eigenvalue weighted by atomic mass is 16.2. The summed E-state index contributed by atoms with van der Waals surface area (Å²) in [5.41, 5.74) is 4.70. The van der Waals surface area contributed by atoms with Gasteiger partial charge in [0.05, 0.1) is 6.42 Å². The third kappa shape index (κ3) is 5.35. The lowest BCUT2D eigenvalue weighted by Gasteiger charge is -2.37. The second-order valence-corrected chi connectivity index (χ2v) is 8.28. The van der Waals surface area contributed by atoms with Crippen molar-refractivity contribution in [2.75, 3.05) is 39.1 Å². The Bertz CT molecular complexity index is 759. The molecule has 0 N–H and O–H groups in total. The summed E-state index contributed by atoms with van der Waals surface area (Å²) in [4.78, 5) is 19.8. The van der Waals surface area contributed by atoms with Crippen molar-refractivity contribution in [1.82, 2.24) is 9.80 Å². The van der Waals surface area contributed by atoms with Crippen molar-refractivity contribution in [3.05, 3.63) is 65.2 Å². The monoisotopic (exact) mass is 379 g/mol. The van der Waals surface area contributed by atoms with Crippen LogP contribution in [0.3, 0.4) is 0 Å². The number of anilines is 1. The van der Waals surface area contributed by atoms with Gasteiger partial charge in [-0.05, 0) is 63.2 Å². The number of amides is 1. The molecule has 2 aromatic carbocycles. The maximum absolute atomic E-state index is 13.3. The molecule has 1 fully saturated rings. The van der Waals surface area contributed by atoms with Crippen LogP contribution in [-0.2, 0) is 17.8 Å². The van der Waals surface area contributed by atoms with E-state index in [9.17, 15) is 4.79 Å². The van der Waals surface area contributed by atoms with Gasteiger partial charge in [-0.2, -0.15) is 0 Å². The fourth-order valence-electron chi connectivity index (χ4n) is 3.81. The molecule has 1 amide bonds. The first-order chi connectivity index (χ1) is 13.4. The van der Waals surface area contributed by atoms with Gasteiger partial charge in [-0.15, -0.1) is 0 Å². The molecule has 0 aliphatic carbocycles. The molecular weight excluding hydrogens is 346 g/mol. The molecule has 4 heteroatoms. The lowest BCUT2D eigenvalue weighted by atomic mass is 10.0. The zero-order valence-electron chi connectivity index (χ0n) is 17.7. The van der Waals surface area contributed by atoms with Gasteiger partial charge in [0.15, 0.2) is 0 Å². The van der Waals surface area contributed by atoms with Crippen LogP contribution < -0.4 is 4.90 Å². The number of likely N-dealkylation sites (tertiary alicyclic amines) is 1. The highest BCUT2D eigenvalue weighted by molar-refractivity contribution is 5.79. The smallest absolute Gasteiger partial charge is 0.227 e. The normalized spacial score (nSPS) is 15.4. The summed E-state index contributed by atoms with van der Waals surface area (Å²) < 4.78 is 0. The molecule has 150 valence electrons. The lowest BCUT2D eigenvalue weighted by Crippen LogP contribution is -2.46. The summed E-state index contributed by atoms with van der Waals surface area (Å²) >= 11 is 0. The van der Waals surface area contributed by atoms with E-state index in [1.165, 1.54) is 11.1 Å². The average molecular weight is 380 g/mol. The highest BCUT2D eigenvalue weighted by Gasteiger charge is 2.27. The lowest BCUT2D eigenvalue weighted by molar-refractivity contribution is -0.134. The van der Waals surface area contributed by atoms with Crippen molar-refractivity contribution in [3.8, 4) is 0 Å². The van der Waals surface area contributed by atoms with E-state index in [2.05, 4.69) is 77.2 Å². The standard InChI is InChI=1S/C24H33N3O/c1-19-5-7-21(8-6-19)18-27(23-13-15-26(4)16-14-23)24(28)17-20-9-11-22(12-10-20)25(2)3/h5-12,23H,13-18H2,1-4H3. The third-order valence-corrected chi connectivity index (χ3v) is 5.73. The molecule has 0 unspecified atom stereocenters. The van der Waals surface area contributed by atoms with Gasteiger partial charge in [-0.25, -0.2) is 0 Å². The molecule has 28 heavy (non-hydrogen) atoms. The third-order valence-electron chi connectivity index (χ3n) is 5.73. The SMILES string of the molecule is Cc1ccc(CN(C(=O)Cc2ccc(N(C)C)cc2)C2CCN(C)CC2)cc1. The zero-order chi connectivity index (χ0) is 20.1. The van der Waals surface area contributed by atoms with Crippen molar-refractivity contribution < 1.29 is 4.79 Å². The van der Waals surface area contributed by atoms with Crippen LogP contribution in [0.15, 0.2) is 48.5 Å². The minimum Gasteiger partial charge on any atom is -0.378 e. The molecule has 3 rings (SSSR count). The van der Waals surface area contributed by atoms with Crippen molar-refractivity contribution in [2.45, 2.75) is 38.8 Å². The van der Waals surface area contributed by atoms with Crippen molar-refractivity contribution in [1.29, 1.82) is 0 Å². The van der Waals surface area contributed by atoms with E-state index in [0.717, 1.165) is 37.2 Å². The largest absolute Gasteiger partial charge is 0.378 e. The van der Waals surface area contributed by atoms with Crippen LogP contribution in [0.5, 0.6) is 0 Å². The fraction of sp³-hybridized carbons (Fsp3) is 0.458. The molecule has 0 saturated carbocycles. The molecule has 2 aromatic rings. The second kappa shape index (κ2) is 9.24. The van der Waals surface area contributed by atoms with Crippen LogP contribution in [-0.4, -0.2) is 56.0 Å². The van der Waals surface area contributed by atoms with Gasteiger partial charge in [-0.3, -0.25) is 4.79 Å². The quantitative estimate of drug-likeness (QED) is 0.765. The molecule has 0 radical (unpaired) electrons. The summed E-state index contributed by atoms with van der Waals surface area (Å²) in [5.74, 6) is 0.229. The van der Waals surface area contributed by atoms with Crippen LogP contribution in [0.4, 0.5) is 5.69 Å². The van der Waals surface area contributed by atoms with E-state index < -0.39 is 0 Å². The molecule has 0 spiro atoms. The maximum Gasteiger partial charge on any atom is 0.227 e. The van der Waals surface area contributed by atoms with Crippen molar-refractivity contribution >= 4 is 11.6 Å². The van der Waals surface area contributed by atoms with Crippen molar-refractivity contribution in [2.24, 2.45) is 0 Å². The molecule has 0 bridgehead atoms. The molecule has 1 heterocycles. The van der Waals surface area contributed by atoms with Gasteiger partial charge >= 0.3 is 0 Å². The van der Waals surface area contributed by atoms with E-state index >= 15 is 0 Å². The Morgan fingerprint density at radius 3 is 2.11 bits per heavy atom. The number of hydrogen-bond acceptors (Lipinski definition) is 3. The van der Waals surface area contributed by atoms with Crippen LogP contribution in [0.2, 0.25) is 0 Å². The first kappa shape index (κ1) is 20.4. The van der Waals surface area contributed by atoms with Gasteiger partial charge in [0, 0.05) is 32.4 Å². The van der Waals surface area contributed by atoms with Crippen LogP contribution in [0, 0.1) is 6.92 Å². The maximum atomic E-state index is 13.3. The Kier molecular flexibility index (Phi) is 6.74. The Balaban J connectivity index is 1.74. The molecule has 1 aliphatic heterocycles. The van der Waals surface area contributed by atoms with Crippen LogP contribution in [0.25, 0.3) is 0 Å². The minimum absolute atomic E-state index is 0.229. The second-order valence-electron chi connectivity index (χ2n) is 8.28. The van der Waals surface area contributed by atoms with Gasteiger partial charge in [0.2, 0.25) is 5.91 Å². The first-order valence-electron chi connectivity index (χ1n) is 10.2. The van der Waals surface area contributed by atoms with Gasteiger partial charge in [0.1, 0.15) is 0 Å². The number of carbonyl (C=O) groups is 1. The first-order valence-corrected chi connectivity index (χ1v) is 10.2. The summed E-state index contributed by atoms with van der Waals surface area (Å²) in [6, 6.07) is 17.2. The highest BCUT2D eigenvalue weighted by Crippen LogP contribution is 2.21. The molecule has 1 saturated heterocycles. The predicted molar refractivity (Wildman–Crippen MR) is 117 cm³/mol. The summed E-state index contributed by atoms with van der Waals surface area (Å²) in [5, 5.41) is 0. The molecule has 0 aromatic heterocycles. The van der Waals surface area contributed by atoms with E-state index in [1.807, 2.05) is 14.1 Å². The molecule has 4 nitrogen and oxygen atoms in total. The Morgan fingerprint density at radius 2 is 1.54 bits per heavy atom. The molecule has 1 aliphatic rings. The summed E-state index contributed by atoms with van der Waals surface area (Å²) in [6.45, 7) is 4.91. The number of benzene rings is 2. The molecular formula is C24H33N3O. The average Bonchev–Trinajstić information content (AvgIpc) is 2.68. The number of aryl methyl sites for hydroxylation is 1. The number of hydrogen-bond donors (Lipinski definition) is 0. The number of piperidine rings is 1. The Hall–Kier alpha value is -2.33. The Morgan fingerprint density at radius 1 is 0.964 bits per heavy atom. The van der Waals surface area contributed by atoms with Gasteiger partial charge < -0.3 is 14.7 Å². The van der Waals surface area contributed by atoms with Crippen LogP contribution in [0.1, 0.15) is 29.5 Å². The van der Waals surface area contributed by atoms with Gasteiger partial charge in [-0.1, -0.05) is 42.0 Å². The topological polar surface area (TPSA) is 26.8 Å². The van der Waals surface area contributed by atoms with Crippen molar-refractivity contribution in [3.63, 3.8) is 0 Å². The fourth-order valence-corrected chi connectivity index (χ4v) is 3.81. The van der Waals surface area contributed by atoms with E-state index in [1.54, 1.807) is 0 Å². The zero-order valence-corrected chi connectivity index (χ0v) is 17.7. The van der Waals surface area contributed by atoms with E-state index in [0.29, 0.717) is 19.0 Å². The van der Waals surface area contributed by atoms with Gasteiger partial charge in [0.25, 0.3) is 0 Å². The number of carbonyl (C=O) groups excluding carboxylic acids is 1. The van der Waals surface area contributed by atoms with Crippen LogP contribution >= 0.6 is 0 Å². The predicted octanol–water partition coefficient (Wildman–Crippen LogP) is 3.73. The minimum atomic E-state index is 0.229. The van der Waals surface area contributed by atoms with E-state index in [4.69, 9.17) is 0 Å². The summed E-state index contributed by atoms with van der Waals surface area (Å²) in [7, 11) is 6.22. The number of rotatable bonds is 6. The summed E-state index contributed by atoms with van der Waals surface area (Å²) in [6.07, 6.45) is 2.56.